The maximum absolute atomic E-state index is 14.6. The zero-order chi connectivity index (χ0) is 18.4. The number of rotatable bonds is 3. The van der Waals surface area contributed by atoms with Crippen molar-refractivity contribution in [2.75, 3.05) is 6.61 Å². The summed E-state index contributed by atoms with van der Waals surface area (Å²) in [6.07, 6.45) is 1.15. The molecule has 1 unspecified atom stereocenters. The van der Waals surface area contributed by atoms with E-state index < -0.39 is 29.4 Å². The van der Waals surface area contributed by atoms with Gasteiger partial charge in [-0.1, -0.05) is 24.3 Å². The van der Waals surface area contributed by atoms with Gasteiger partial charge in [0.2, 0.25) is 0 Å². The number of benzene rings is 2. The molecule has 1 heterocycles. The van der Waals surface area contributed by atoms with Crippen LogP contribution in [0.1, 0.15) is 48.8 Å². The third-order valence-corrected chi connectivity index (χ3v) is 5.18. The van der Waals surface area contributed by atoms with Gasteiger partial charge >= 0.3 is 0 Å². The second kappa shape index (κ2) is 6.50. The molecule has 0 radical (unpaired) electrons. The number of halogens is 4. The van der Waals surface area contributed by atoms with E-state index >= 15 is 0 Å². The van der Waals surface area contributed by atoms with Crippen molar-refractivity contribution < 1.29 is 27.1 Å². The van der Waals surface area contributed by atoms with Crippen LogP contribution in [0, 0.1) is 23.3 Å². The van der Waals surface area contributed by atoms with Gasteiger partial charge in [-0.05, 0) is 24.3 Å². The third-order valence-electron chi connectivity index (χ3n) is 5.18. The fraction of sp³-hybridized carbons (Fsp3) is 0.350. The number of carbonyl (C=O) groups excluding carboxylic acids is 1. The molecular weight excluding hydrogens is 348 g/mol. The van der Waals surface area contributed by atoms with Crippen molar-refractivity contribution in [1.82, 2.24) is 0 Å². The van der Waals surface area contributed by atoms with E-state index in [4.69, 9.17) is 4.74 Å². The van der Waals surface area contributed by atoms with E-state index in [9.17, 15) is 22.4 Å². The van der Waals surface area contributed by atoms with Gasteiger partial charge in [0.1, 0.15) is 11.9 Å². The first-order valence-electron chi connectivity index (χ1n) is 8.56. The average Bonchev–Trinajstić information content (AvgIpc) is 3.46. The Balaban J connectivity index is 1.71. The Morgan fingerprint density at radius 2 is 1.27 bits per heavy atom. The molecule has 1 saturated heterocycles. The second-order valence-corrected chi connectivity index (χ2v) is 6.80. The van der Waals surface area contributed by atoms with Crippen molar-refractivity contribution in [2.24, 2.45) is 0 Å². The summed E-state index contributed by atoms with van der Waals surface area (Å²) in [5.41, 5.74) is -0.385. The lowest BCUT2D eigenvalue weighted by Gasteiger charge is -2.22. The summed E-state index contributed by atoms with van der Waals surface area (Å²) in [4.78, 5) is 11.3. The fourth-order valence-electron chi connectivity index (χ4n) is 3.59. The normalized spacial score (nSPS) is 20.5. The topological polar surface area (TPSA) is 29.6 Å². The standard InChI is InChI=1S/C20H16F4O2/c21-17-12(10-1-3-11(25)4-2-10)5-6-13(18(17)22)14-7-8-15(16-9-26-16)20(24)19(14)23/h5-8,10,16H,1-4,9H2. The molecule has 26 heavy (non-hydrogen) atoms. The van der Waals surface area contributed by atoms with Gasteiger partial charge in [0, 0.05) is 29.5 Å². The monoisotopic (exact) mass is 364 g/mol. The molecule has 0 spiro atoms. The van der Waals surface area contributed by atoms with E-state index in [1.165, 1.54) is 24.3 Å². The summed E-state index contributed by atoms with van der Waals surface area (Å²) in [7, 11) is 0. The van der Waals surface area contributed by atoms with Crippen LogP contribution in [-0.4, -0.2) is 12.4 Å². The Hall–Kier alpha value is -2.21. The number of carbonyl (C=O) groups is 1. The van der Waals surface area contributed by atoms with Gasteiger partial charge in [-0.25, -0.2) is 17.6 Å². The fourth-order valence-corrected chi connectivity index (χ4v) is 3.59. The summed E-state index contributed by atoms with van der Waals surface area (Å²) >= 11 is 0. The van der Waals surface area contributed by atoms with Crippen LogP contribution in [0.4, 0.5) is 17.6 Å². The molecule has 1 aliphatic heterocycles. The Bertz CT molecular complexity index is 880. The number of hydrogen-bond donors (Lipinski definition) is 0. The molecule has 1 atom stereocenters. The van der Waals surface area contributed by atoms with Crippen LogP contribution in [0.5, 0.6) is 0 Å². The first kappa shape index (κ1) is 17.2. The van der Waals surface area contributed by atoms with Crippen molar-refractivity contribution in [3.63, 3.8) is 0 Å². The number of ketones is 1. The smallest absolute Gasteiger partial charge is 0.167 e. The lowest BCUT2D eigenvalue weighted by atomic mass is 9.82. The molecule has 2 aliphatic rings. The van der Waals surface area contributed by atoms with Crippen LogP contribution in [0.15, 0.2) is 24.3 Å². The number of ether oxygens (including phenoxy) is 1. The maximum Gasteiger partial charge on any atom is 0.167 e. The van der Waals surface area contributed by atoms with Crippen molar-refractivity contribution in [1.29, 1.82) is 0 Å². The van der Waals surface area contributed by atoms with Crippen molar-refractivity contribution >= 4 is 5.78 Å². The molecule has 0 aromatic heterocycles. The third kappa shape index (κ3) is 2.92. The van der Waals surface area contributed by atoms with Crippen LogP contribution < -0.4 is 0 Å². The Kier molecular flexibility index (Phi) is 4.31. The number of Topliss-reactive ketones (excluding diaryl/α,β-unsaturated/α-hetero) is 1. The van der Waals surface area contributed by atoms with E-state index in [1.54, 1.807) is 0 Å². The van der Waals surface area contributed by atoms with E-state index in [1.807, 2.05) is 0 Å². The Morgan fingerprint density at radius 1 is 0.769 bits per heavy atom. The molecule has 1 saturated carbocycles. The van der Waals surface area contributed by atoms with Gasteiger partial charge < -0.3 is 4.74 Å². The average molecular weight is 364 g/mol. The molecule has 1 aliphatic carbocycles. The quantitative estimate of drug-likeness (QED) is 0.553. The van der Waals surface area contributed by atoms with E-state index in [0.29, 0.717) is 32.3 Å². The lowest BCUT2D eigenvalue weighted by molar-refractivity contribution is -0.120. The van der Waals surface area contributed by atoms with Crippen molar-refractivity contribution in [3.05, 3.63) is 58.7 Å². The molecule has 2 nitrogen and oxygen atoms in total. The molecule has 2 aromatic rings. The van der Waals surface area contributed by atoms with E-state index in [2.05, 4.69) is 0 Å². The highest BCUT2D eigenvalue weighted by Crippen LogP contribution is 2.39. The molecule has 0 bridgehead atoms. The molecule has 4 rings (SSSR count). The molecule has 0 N–H and O–H groups in total. The van der Waals surface area contributed by atoms with Crippen molar-refractivity contribution in [2.45, 2.75) is 37.7 Å². The van der Waals surface area contributed by atoms with Gasteiger partial charge in [0.25, 0.3) is 0 Å². The largest absolute Gasteiger partial charge is 0.368 e. The summed E-state index contributed by atoms with van der Waals surface area (Å²) in [6, 6.07) is 5.26. The molecule has 6 heteroatoms. The molecule has 2 aromatic carbocycles. The zero-order valence-electron chi connectivity index (χ0n) is 13.8. The van der Waals surface area contributed by atoms with Gasteiger partial charge in [0.05, 0.1) is 6.61 Å². The van der Waals surface area contributed by atoms with Crippen LogP contribution in [0.25, 0.3) is 11.1 Å². The van der Waals surface area contributed by atoms with Gasteiger partial charge in [-0.3, -0.25) is 4.79 Å². The first-order chi connectivity index (χ1) is 12.5. The zero-order valence-corrected chi connectivity index (χ0v) is 13.8. The summed E-state index contributed by atoms with van der Waals surface area (Å²) in [5.74, 6) is -4.69. The lowest BCUT2D eigenvalue weighted by Crippen LogP contribution is -2.14. The number of hydrogen-bond acceptors (Lipinski definition) is 2. The minimum absolute atomic E-state index is 0.0793. The van der Waals surface area contributed by atoms with Crippen LogP contribution in [-0.2, 0) is 9.53 Å². The second-order valence-electron chi connectivity index (χ2n) is 6.80. The van der Waals surface area contributed by atoms with Crippen LogP contribution in [0.2, 0.25) is 0 Å². The van der Waals surface area contributed by atoms with Gasteiger partial charge in [-0.2, -0.15) is 0 Å². The predicted octanol–water partition coefficient (Wildman–Crippen LogP) is 5.21. The van der Waals surface area contributed by atoms with Crippen LogP contribution >= 0.6 is 0 Å². The molecular formula is C20H16F4O2. The Labute approximate surface area is 147 Å². The molecule has 136 valence electrons. The highest BCUT2D eigenvalue weighted by molar-refractivity contribution is 5.79. The molecule has 2 fully saturated rings. The summed E-state index contributed by atoms with van der Waals surface area (Å²) in [5, 5.41) is 0. The SMILES string of the molecule is O=C1CCC(c2ccc(-c3ccc(C4CO4)c(F)c3F)c(F)c2F)CC1. The predicted molar refractivity (Wildman–Crippen MR) is 86.6 cm³/mol. The number of epoxide rings is 1. The van der Waals surface area contributed by atoms with E-state index in [-0.39, 0.29) is 34.0 Å². The van der Waals surface area contributed by atoms with Crippen molar-refractivity contribution in [3.8, 4) is 11.1 Å². The first-order valence-corrected chi connectivity index (χ1v) is 8.56. The highest BCUT2D eigenvalue weighted by Gasteiger charge is 2.31. The van der Waals surface area contributed by atoms with E-state index in [0.717, 1.165) is 0 Å². The van der Waals surface area contributed by atoms with Gasteiger partial charge in [0.15, 0.2) is 23.3 Å². The molecule has 0 amide bonds. The summed E-state index contributed by atoms with van der Waals surface area (Å²) in [6.45, 7) is 0.317. The maximum atomic E-state index is 14.6. The van der Waals surface area contributed by atoms with Crippen LogP contribution in [0.3, 0.4) is 0 Å². The van der Waals surface area contributed by atoms with Gasteiger partial charge in [-0.15, -0.1) is 0 Å². The Morgan fingerprint density at radius 3 is 1.81 bits per heavy atom. The minimum atomic E-state index is -1.22. The summed E-state index contributed by atoms with van der Waals surface area (Å²) < 4.78 is 62.7. The minimum Gasteiger partial charge on any atom is -0.368 e. The highest BCUT2D eigenvalue weighted by atomic mass is 19.2.